The van der Waals surface area contributed by atoms with E-state index < -0.39 is 56.0 Å². The smallest absolute Gasteiger partial charge is 0.311 e. The van der Waals surface area contributed by atoms with Gasteiger partial charge in [-0.3, -0.25) is 9.59 Å². The van der Waals surface area contributed by atoms with E-state index in [4.69, 9.17) is 18.9 Å². The van der Waals surface area contributed by atoms with Gasteiger partial charge < -0.3 is 18.9 Å². The molecule has 0 unspecified atom stereocenters. The largest absolute Gasteiger partial charge is 0.469 e. The van der Waals surface area contributed by atoms with Crippen LogP contribution in [0.5, 0.6) is 0 Å². The zero-order valence-corrected chi connectivity index (χ0v) is 20.7. The first kappa shape index (κ1) is 23.3. The molecule has 1 saturated carbocycles. The predicted octanol–water partition coefficient (Wildman–Crippen LogP) is 2.26. The van der Waals surface area contributed by atoms with Crippen LogP contribution in [0.25, 0.3) is 0 Å². The topological polar surface area (TPSA) is 105 Å². The number of hydrogen-bond donors (Lipinski definition) is 0. The van der Waals surface area contributed by atoms with E-state index in [0.29, 0.717) is 32.3 Å². The van der Waals surface area contributed by atoms with Crippen molar-refractivity contribution < 1.29 is 37.0 Å². The molecule has 0 aromatic carbocycles. The first-order valence-corrected chi connectivity index (χ1v) is 13.6. The van der Waals surface area contributed by atoms with Crippen LogP contribution in [0.1, 0.15) is 46.5 Å². The van der Waals surface area contributed by atoms with E-state index in [-0.39, 0.29) is 23.7 Å². The van der Waals surface area contributed by atoms with E-state index >= 15 is 0 Å². The number of carbonyl (C=O) groups excluding carboxylic acids is 2. The van der Waals surface area contributed by atoms with Gasteiger partial charge in [0.1, 0.15) is 0 Å². The molecule has 0 N–H and O–H groups in total. The third-order valence-corrected chi connectivity index (χ3v) is 12.1. The van der Waals surface area contributed by atoms with Gasteiger partial charge in [-0.05, 0) is 48.7 Å². The molecule has 2 heterocycles. The molecule has 0 bridgehead atoms. The fourth-order valence-corrected chi connectivity index (χ4v) is 11.5. The standard InChI is InChI=1S/C24H34O8S/c1-6-31-15-10-12-11(2)16(22(25)29-4)21-19-17(12)20(32-15)18(23(26)30-5)13-8-7-9-14(24(13,19)3)33(21,27)28/h11-16,18,20-21H,6-10H2,1-5H3/t11-,12-,13+,14-,15+,16-,18+,20-,21+,24+/m0/s1. The van der Waals surface area contributed by atoms with Crippen LogP contribution >= 0.6 is 0 Å². The molecule has 2 saturated heterocycles. The lowest BCUT2D eigenvalue weighted by molar-refractivity contribution is -0.220. The summed E-state index contributed by atoms with van der Waals surface area (Å²) in [6, 6.07) is 0. The number of ether oxygens (including phenoxy) is 4. The Bertz CT molecular complexity index is 1000. The van der Waals surface area contributed by atoms with Crippen molar-refractivity contribution in [3.05, 3.63) is 11.1 Å². The van der Waals surface area contributed by atoms with E-state index in [1.807, 2.05) is 20.8 Å². The van der Waals surface area contributed by atoms with Gasteiger partial charge >= 0.3 is 11.9 Å². The molecule has 33 heavy (non-hydrogen) atoms. The summed E-state index contributed by atoms with van der Waals surface area (Å²) in [6.45, 7) is 6.28. The lowest BCUT2D eigenvalue weighted by Crippen LogP contribution is -2.60. The average molecular weight is 483 g/mol. The van der Waals surface area contributed by atoms with Crippen LogP contribution in [0.4, 0.5) is 0 Å². The molecule has 3 aliphatic carbocycles. The molecule has 0 aromatic heterocycles. The van der Waals surface area contributed by atoms with Gasteiger partial charge in [0, 0.05) is 18.4 Å². The number of sulfone groups is 1. The van der Waals surface area contributed by atoms with Gasteiger partial charge in [0.05, 0.1) is 42.7 Å². The Hall–Kier alpha value is -1.45. The van der Waals surface area contributed by atoms with E-state index in [0.717, 1.165) is 11.1 Å². The zero-order valence-electron chi connectivity index (χ0n) is 19.9. The van der Waals surface area contributed by atoms with Crippen molar-refractivity contribution >= 4 is 21.8 Å². The summed E-state index contributed by atoms with van der Waals surface area (Å²) >= 11 is 0. The van der Waals surface area contributed by atoms with E-state index in [1.54, 1.807) is 0 Å². The van der Waals surface area contributed by atoms with Crippen molar-refractivity contribution in [3.63, 3.8) is 0 Å². The van der Waals surface area contributed by atoms with Gasteiger partial charge in [-0.25, -0.2) is 8.42 Å². The SMILES string of the molecule is CCO[C@H]1C[C@@H]2C3=C4[C@@H]([C@@H](C(=O)OC)[C@H]2C)S(=O)(=O)[C@H]2CCC[C@H]([C@@H](C(=O)OC)[C@H]3O1)[C@@]42C. The maximum Gasteiger partial charge on any atom is 0.311 e. The summed E-state index contributed by atoms with van der Waals surface area (Å²) in [5, 5.41) is -1.54. The molecule has 3 fully saturated rings. The second-order valence-corrected chi connectivity index (χ2v) is 12.7. The second kappa shape index (κ2) is 7.78. The summed E-state index contributed by atoms with van der Waals surface area (Å²) in [4.78, 5) is 26.3. The van der Waals surface area contributed by atoms with Crippen molar-refractivity contribution in [1.82, 2.24) is 0 Å². The van der Waals surface area contributed by atoms with Gasteiger partial charge in [-0.2, -0.15) is 0 Å². The minimum Gasteiger partial charge on any atom is -0.469 e. The van der Waals surface area contributed by atoms with Crippen LogP contribution in [0.15, 0.2) is 11.1 Å². The second-order valence-electron chi connectivity index (χ2n) is 10.4. The maximum atomic E-state index is 14.1. The Morgan fingerprint density at radius 3 is 2.42 bits per heavy atom. The Kier molecular flexibility index (Phi) is 5.49. The van der Waals surface area contributed by atoms with E-state index in [9.17, 15) is 18.0 Å². The Morgan fingerprint density at radius 1 is 1.12 bits per heavy atom. The third-order valence-electron chi connectivity index (χ3n) is 9.38. The zero-order chi connectivity index (χ0) is 23.9. The highest BCUT2D eigenvalue weighted by Gasteiger charge is 2.73. The van der Waals surface area contributed by atoms with E-state index in [2.05, 4.69) is 0 Å². The highest BCUT2D eigenvalue weighted by molar-refractivity contribution is 7.93. The van der Waals surface area contributed by atoms with Gasteiger partial charge in [-0.15, -0.1) is 0 Å². The first-order chi connectivity index (χ1) is 15.6. The van der Waals surface area contributed by atoms with Gasteiger partial charge in [0.2, 0.25) is 0 Å². The first-order valence-electron chi connectivity index (χ1n) is 12.0. The third kappa shape index (κ3) is 2.85. The van der Waals surface area contributed by atoms with Crippen LogP contribution in [0, 0.1) is 35.0 Å². The number of rotatable bonds is 4. The molecule has 0 spiro atoms. The van der Waals surface area contributed by atoms with Crippen molar-refractivity contribution in [2.75, 3.05) is 20.8 Å². The molecule has 184 valence electrons. The summed E-state index contributed by atoms with van der Waals surface area (Å²) < 4.78 is 50.8. The molecule has 0 amide bonds. The number of methoxy groups -OCH3 is 2. The maximum absolute atomic E-state index is 14.1. The minimum atomic E-state index is -3.68. The Morgan fingerprint density at radius 2 is 1.79 bits per heavy atom. The van der Waals surface area contributed by atoms with Crippen LogP contribution in [0.2, 0.25) is 0 Å². The molecule has 5 aliphatic rings. The molecule has 2 aliphatic heterocycles. The summed E-state index contributed by atoms with van der Waals surface area (Å²) in [7, 11) is -0.981. The molecule has 8 nitrogen and oxygen atoms in total. The number of carbonyl (C=O) groups is 2. The summed E-state index contributed by atoms with van der Waals surface area (Å²) in [5.41, 5.74) is 1.01. The van der Waals surface area contributed by atoms with Crippen LogP contribution in [-0.4, -0.2) is 64.1 Å². The lowest BCUT2D eigenvalue weighted by atomic mass is 9.48. The summed E-state index contributed by atoms with van der Waals surface area (Å²) in [6.07, 6.45) is 1.35. The van der Waals surface area contributed by atoms with Crippen LogP contribution < -0.4 is 0 Å². The van der Waals surface area contributed by atoms with E-state index in [1.165, 1.54) is 14.2 Å². The van der Waals surface area contributed by atoms with Crippen LogP contribution in [-0.2, 0) is 38.4 Å². The average Bonchev–Trinajstić information content (AvgIpc) is 2.97. The molecular weight excluding hydrogens is 448 g/mol. The monoisotopic (exact) mass is 482 g/mol. The molecule has 0 aromatic rings. The van der Waals surface area contributed by atoms with Crippen molar-refractivity contribution in [1.29, 1.82) is 0 Å². The quantitative estimate of drug-likeness (QED) is 0.444. The highest BCUT2D eigenvalue weighted by Crippen LogP contribution is 2.69. The highest BCUT2D eigenvalue weighted by atomic mass is 32.2. The van der Waals surface area contributed by atoms with Gasteiger partial charge in [0.15, 0.2) is 16.1 Å². The van der Waals surface area contributed by atoms with Crippen LogP contribution in [0.3, 0.4) is 0 Å². The Balaban J connectivity index is 1.81. The van der Waals surface area contributed by atoms with Crippen molar-refractivity contribution in [2.45, 2.75) is 69.3 Å². The lowest BCUT2D eigenvalue weighted by Gasteiger charge is -2.58. The Labute approximate surface area is 195 Å². The molecule has 9 heteroatoms. The predicted molar refractivity (Wildman–Crippen MR) is 118 cm³/mol. The molecule has 5 rings (SSSR count). The van der Waals surface area contributed by atoms with Crippen molar-refractivity contribution in [3.8, 4) is 0 Å². The number of hydrogen-bond acceptors (Lipinski definition) is 8. The molecule has 10 atom stereocenters. The number of esters is 2. The normalized spacial score (nSPS) is 47.0. The molecule has 0 radical (unpaired) electrons. The van der Waals surface area contributed by atoms with Gasteiger partial charge in [0.25, 0.3) is 0 Å². The minimum absolute atomic E-state index is 0.128. The van der Waals surface area contributed by atoms with Gasteiger partial charge in [-0.1, -0.05) is 20.3 Å². The molecular formula is C24H34O8S. The fourth-order valence-electron chi connectivity index (χ4n) is 8.19. The van der Waals surface area contributed by atoms with Crippen molar-refractivity contribution in [2.24, 2.45) is 35.0 Å². The summed E-state index contributed by atoms with van der Waals surface area (Å²) in [5.74, 6) is -2.86. The fraction of sp³-hybridized carbons (Fsp3) is 0.833.